The summed E-state index contributed by atoms with van der Waals surface area (Å²) in [7, 11) is 0.874. The number of carbonyl (C=O) groups is 1. The molecule has 0 aliphatic rings. The van der Waals surface area contributed by atoms with E-state index in [9.17, 15) is 13.6 Å². The number of methoxy groups -OCH3 is 1. The van der Waals surface area contributed by atoms with E-state index < -0.39 is 17.6 Å². The average molecular weight is 304 g/mol. The van der Waals surface area contributed by atoms with Crippen molar-refractivity contribution in [2.45, 2.75) is 5.92 Å². The summed E-state index contributed by atoms with van der Waals surface area (Å²) in [6.45, 7) is 0. The number of benzene rings is 1. The van der Waals surface area contributed by atoms with Crippen LogP contribution >= 0.6 is 0 Å². The molecule has 0 saturated carbocycles. The zero-order valence-electron chi connectivity index (χ0n) is 11.4. The van der Waals surface area contributed by atoms with Gasteiger partial charge in [0.05, 0.1) is 24.9 Å². The van der Waals surface area contributed by atoms with Crippen molar-refractivity contribution in [2.75, 3.05) is 7.11 Å². The number of hydrogen-bond donors (Lipinski definition) is 0. The second kappa shape index (κ2) is 6.18. The van der Waals surface area contributed by atoms with Crippen molar-refractivity contribution in [2.24, 2.45) is 0 Å². The van der Waals surface area contributed by atoms with Gasteiger partial charge in [-0.25, -0.2) is 4.79 Å². The highest BCUT2D eigenvalue weighted by Gasteiger charge is 2.43. The van der Waals surface area contributed by atoms with Crippen molar-refractivity contribution < 1.29 is 23.0 Å². The maximum Gasteiger partial charge on any atom is 0.384 e. The van der Waals surface area contributed by atoms with Gasteiger partial charge in [-0.15, -0.1) is 0 Å². The van der Waals surface area contributed by atoms with Crippen LogP contribution in [0.4, 0.5) is 8.78 Å². The molecule has 22 heavy (non-hydrogen) atoms. The zero-order chi connectivity index (χ0) is 16.2. The molecule has 0 saturated heterocycles. The summed E-state index contributed by atoms with van der Waals surface area (Å²) in [6, 6.07) is 10.5. The number of nitrogens with zero attached hydrogens (tertiary/aromatic N) is 2. The molecule has 0 spiro atoms. The first-order valence-electron chi connectivity index (χ1n) is 6.08. The predicted octanol–water partition coefficient (Wildman–Crippen LogP) is 3.01. The van der Waals surface area contributed by atoms with E-state index in [0.29, 0.717) is 11.3 Å². The van der Waals surface area contributed by atoms with Crippen molar-refractivity contribution in [3.63, 3.8) is 0 Å². The lowest BCUT2D eigenvalue weighted by Gasteiger charge is -2.13. The van der Waals surface area contributed by atoms with Crippen LogP contribution in [0.5, 0.6) is 11.5 Å². The van der Waals surface area contributed by atoms with Gasteiger partial charge in [-0.3, -0.25) is 4.98 Å². The number of ether oxygens (including phenoxy) is 2. The van der Waals surface area contributed by atoms with Crippen molar-refractivity contribution in [1.29, 1.82) is 5.26 Å². The Morgan fingerprint density at radius 1 is 1.18 bits per heavy atom. The van der Waals surface area contributed by atoms with Crippen molar-refractivity contribution in [3.05, 3.63) is 53.9 Å². The molecule has 2 aromatic rings. The fourth-order valence-electron chi connectivity index (χ4n) is 1.59. The predicted molar refractivity (Wildman–Crippen MR) is 71.4 cm³/mol. The van der Waals surface area contributed by atoms with Gasteiger partial charge in [-0.2, -0.15) is 14.0 Å². The smallest absolute Gasteiger partial charge is 0.384 e. The van der Waals surface area contributed by atoms with E-state index in [2.05, 4.69) is 9.72 Å². The van der Waals surface area contributed by atoms with Crippen LogP contribution in [-0.2, 0) is 15.5 Å². The lowest BCUT2D eigenvalue weighted by Crippen LogP contribution is -2.28. The zero-order valence-corrected chi connectivity index (χ0v) is 11.4. The SMILES string of the molecule is COC(=O)C(F)(F)c1ccc(Oc2ccc(C#N)cc2)cn1. The minimum atomic E-state index is -3.82. The van der Waals surface area contributed by atoms with E-state index in [1.54, 1.807) is 24.3 Å². The highest BCUT2D eigenvalue weighted by atomic mass is 19.3. The Kier molecular flexibility index (Phi) is 4.32. The van der Waals surface area contributed by atoms with Gasteiger partial charge in [-0.1, -0.05) is 0 Å². The third kappa shape index (κ3) is 3.17. The lowest BCUT2D eigenvalue weighted by molar-refractivity contribution is -0.170. The maximum absolute atomic E-state index is 13.6. The van der Waals surface area contributed by atoms with Gasteiger partial charge in [0.15, 0.2) is 0 Å². The Morgan fingerprint density at radius 3 is 2.32 bits per heavy atom. The number of carbonyl (C=O) groups excluding carboxylic acids is 1. The van der Waals surface area contributed by atoms with Crippen molar-refractivity contribution >= 4 is 5.97 Å². The number of aromatic nitrogens is 1. The van der Waals surface area contributed by atoms with Crippen LogP contribution in [0.1, 0.15) is 11.3 Å². The fourth-order valence-corrected chi connectivity index (χ4v) is 1.59. The molecule has 7 heteroatoms. The number of rotatable bonds is 4. The Bertz CT molecular complexity index is 707. The molecular weight excluding hydrogens is 294 g/mol. The number of halogens is 2. The Morgan fingerprint density at radius 2 is 1.82 bits per heavy atom. The number of hydrogen-bond acceptors (Lipinski definition) is 5. The van der Waals surface area contributed by atoms with Crippen LogP contribution in [0.15, 0.2) is 42.6 Å². The Labute approximate surface area is 124 Å². The molecule has 0 amide bonds. The number of pyridine rings is 1. The van der Waals surface area contributed by atoms with E-state index in [0.717, 1.165) is 19.4 Å². The van der Waals surface area contributed by atoms with Gasteiger partial charge in [0.25, 0.3) is 0 Å². The minimum Gasteiger partial charge on any atom is -0.464 e. The molecule has 1 heterocycles. The van der Waals surface area contributed by atoms with Gasteiger partial charge in [-0.05, 0) is 36.4 Å². The molecule has 0 unspecified atom stereocenters. The monoisotopic (exact) mass is 304 g/mol. The van der Waals surface area contributed by atoms with Crippen LogP contribution < -0.4 is 4.74 Å². The summed E-state index contributed by atoms with van der Waals surface area (Å²) < 4.78 is 36.6. The van der Waals surface area contributed by atoms with Crippen molar-refractivity contribution in [1.82, 2.24) is 4.98 Å². The second-order valence-corrected chi connectivity index (χ2v) is 4.18. The maximum atomic E-state index is 13.6. The van der Waals surface area contributed by atoms with Crippen LogP contribution in [0.25, 0.3) is 0 Å². The van der Waals surface area contributed by atoms with Gasteiger partial charge in [0, 0.05) is 0 Å². The highest BCUT2D eigenvalue weighted by molar-refractivity contribution is 5.78. The summed E-state index contributed by atoms with van der Waals surface area (Å²) in [5.74, 6) is -4.86. The number of esters is 1. The summed E-state index contributed by atoms with van der Waals surface area (Å²) in [6.07, 6.45) is 1.07. The summed E-state index contributed by atoms with van der Waals surface area (Å²) in [5, 5.41) is 8.68. The molecule has 0 aliphatic carbocycles. The molecule has 112 valence electrons. The molecule has 0 atom stereocenters. The molecule has 0 fully saturated rings. The van der Waals surface area contributed by atoms with Gasteiger partial charge in [0.2, 0.25) is 0 Å². The molecule has 2 rings (SSSR count). The molecule has 0 aliphatic heterocycles. The van der Waals surface area contributed by atoms with E-state index in [4.69, 9.17) is 10.00 Å². The molecule has 1 aromatic heterocycles. The molecular formula is C15H10F2N2O3. The number of nitriles is 1. The van der Waals surface area contributed by atoms with Gasteiger partial charge >= 0.3 is 11.9 Å². The molecule has 5 nitrogen and oxygen atoms in total. The van der Waals surface area contributed by atoms with Gasteiger partial charge < -0.3 is 9.47 Å². The summed E-state index contributed by atoms with van der Waals surface area (Å²) in [5.41, 5.74) is -0.259. The highest BCUT2D eigenvalue weighted by Crippen LogP contribution is 2.29. The van der Waals surface area contributed by atoms with E-state index >= 15 is 0 Å². The average Bonchev–Trinajstić information content (AvgIpc) is 2.55. The Hall–Kier alpha value is -3.01. The quantitative estimate of drug-likeness (QED) is 0.812. The molecule has 0 radical (unpaired) electrons. The van der Waals surface area contributed by atoms with Gasteiger partial charge in [0.1, 0.15) is 17.2 Å². The van der Waals surface area contributed by atoms with Crippen LogP contribution in [0, 0.1) is 11.3 Å². The van der Waals surface area contributed by atoms with E-state index in [1.807, 2.05) is 6.07 Å². The molecule has 0 N–H and O–H groups in total. The van der Waals surface area contributed by atoms with Crippen LogP contribution in [0.3, 0.4) is 0 Å². The summed E-state index contributed by atoms with van der Waals surface area (Å²) in [4.78, 5) is 14.5. The van der Waals surface area contributed by atoms with Crippen LogP contribution in [0.2, 0.25) is 0 Å². The first-order chi connectivity index (χ1) is 10.5. The fraction of sp³-hybridized carbons (Fsp3) is 0.133. The van der Waals surface area contributed by atoms with E-state index in [1.165, 1.54) is 6.07 Å². The summed E-state index contributed by atoms with van der Waals surface area (Å²) >= 11 is 0. The topological polar surface area (TPSA) is 72.2 Å². The van der Waals surface area contributed by atoms with Crippen LogP contribution in [-0.4, -0.2) is 18.1 Å². The third-order valence-corrected chi connectivity index (χ3v) is 2.72. The molecule has 1 aromatic carbocycles. The normalized spacial score (nSPS) is 10.6. The lowest BCUT2D eigenvalue weighted by atomic mass is 10.2. The first-order valence-corrected chi connectivity index (χ1v) is 6.08. The largest absolute Gasteiger partial charge is 0.464 e. The first kappa shape index (κ1) is 15.4. The molecule has 0 bridgehead atoms. The second-order valence-electron chi connectivity index (χ2n) is 4.18. The number of alkyl halides is 2. The minimum absolute atomic E-state index is 0.217. The Balaban J connectivity index is 2.15. The van der Waals surface area contributed by atoms with E-state index in [-0.39, 0.29) is 5.75 Å². The van der Waals surface area contributed by atoms with Crippen molar-refractivity contribution in [3.8, 4) is 17.6 Å². The standard InChI is InChI=1S/C15H10F2N2O3/c1-21-14(20)15(16,17)13-7-6-12(9-19-13)22-11-4-2-10(8-18)3-5-11/h2-7,9H,1H3. The third-order valence-electron chi connectivity index (χ3n) is 2.72.